The van der Waals surface area contributed by atoms with E-state index in [-0.39, 0.29) is 28.2 Å². The molecule has 0 saturated heterocycles. The van der Waals surface area contributed by atoms with Crippen LogP contribution < -0.4 is 16.0 Å². The summed E-state index contributed by atoms with van der Waals surface area (Å²) in [6, 6.07) is 12.8. The number of carbonyl (C=O) groups is 1. The van der Waals surface area contributed by atoms with Crippen molar-refractivity contribution in [2.24, 2.45) is 5.14 Å². The van der Waals surface area contributed by atoms with E-state index in [1.54, 1.807) is 25.1 Å². The fraction of sp³-hybridized carbons (Fsp3) is 0.250. The normalized spacial score (nSPS) is 19.3. The van der Waals surface area contributed by atoms with E-state index in [0.29, 0.717) is 0 Å². The molecule has 0 spiro atoms. The molecule has 0 bridgehead atoms. The highest BCUT2D eigenvalue weighted by Crippen LogP contribution is 2.47. The van der Waals surface area contributed by atoms with E-state index < -0.39 is 39.8 Å². The first-order valence-electron chi connectivity index (χ1n) is 9.18. The average Bonchev–Trinajstić information content (AvgIpc) is 3.09. The van der Waals surface area contributed by atoms with Crippen LogP contribution >= 0.6 is 0 Å². The number of alkyl halides is 3. The maximum Gasteiger partial charge on any atom is 0.432 e. The molecule has 7 nitrogen and oxygen atoms in total. The SMILES string of the molecule is CCOC(=O)CC1(c2ccc(S(N)(=O)=O)cc2)NNC(C(F)(F)F)=C1c1ccccc1. The molecule has 0 radical (unpaired) electrons. The van der Waals surface area contributed by atoms with Crippen molar-refractivity contribution < 1.29 is 31.1 Å². The molecule has 11 heteroatoms. The number of sulfonamides is 1. The van der Waals surface area contributed by atoms with Gasteiger partial charge in [0.15, 0.2) is 0 Å². The number of nitrogens with two attached hydrogens (primary N) is 1. The van der Waals surface area contributed by atoms with Gasteiger partial charge in [-0.3, -0.25) is 4.79 Å². The van der Waals surface area contributed by atoms with Crippen LogP contribution in [0.2, 0.25) is 0 Å². The van der Waals surface area contributed by atoms with Gasteiger partial charge in [-0.05, 0) is 30.2 Å². The van der Waals surface area contributed by atoms with E-state index in [4.69, 9.17) is 9.88 Å². The van der Waals surface area contributed by atoms with Crippen LogP contribution in [-0.2, 0) is 25.1 Å². The van der Waals surface area contributed by atoms with Gasteiger partial charge >= 0.3 is 12.1 Å². The maximum atomic E-state index is 13.9. The predicted octanol–water partition coefficient (Wildman–Crippen LogP) is 2.56. The Bertz CT molecular complexity index is 1100. The van der Waals surface area contributed by atoms with E-state index in [1.165, 1.54) is 36.4 Å². The van der Waals surface area contributed by atoms with Gasteiger partial charge in [0.1, 0.15) is 5.70 Å². The van der Waals surface area contributed by atoms with Gasteiger partial charge in [-0.2, -0.15) is 13.2 Å². The summed E-state index contributed by atoms with van der Waals surface area (Å²) in [4.78, 5) is 12.2. The Morgan fingerprint density at radius 3 is 2.23 bits per heavy atom. The zero-order valence-electron chi connectivity index (χ0n) is 16.4. The number of primary sulfonamides is 1. The van der Waals surface area contributed by atoms with Crippen LogP contribution in [0.3, 0.4) is 0 Å². The zero-order chi connectivity index (χ0) is 22.9. The fourth-order valence-electron chi connectivity index (χ4n) is 3.52. The molecular formula is C20H20F3N3O4S. The summed E-state index contributed by atoms with van der Waals surface area (Å²) >= 11 is 0. The third-order valence-electron chi connectivity index (χ3n) is 4.81. The molecule has 0 fully saturated rings. The van der Waals surface area contributed by atoms with Crippen molar-refractivity contribution in [3.05, 3.63) is 71.4 Å². The molecule has 0 amide bonds. The molecule has 0 aromatic heterocycles. The number of hydrazine groups is 1. The van der Waals surface area contributed by atoms with E-state index >= 15 is 0 Å². The zero-order valence-corrected chi connectivity index (χ0v) is 17.2. The smallest absolute Gasteiger partial charge is 0.432 e. The van der Waals surface area contributed by atoms with Crippen LogP contribution in [0.15, 0.2) is 65.2 Å². The molecule has 1 heterocycles. The van der Waals surface area contributed by atoms with Crippen molar-refractivity contribution in [2.75, 3.05) is 6.61 Å². The molecule has 1 atom stereocenters. The number of esters is 1. The van der Waals surface area contributed by atoms with Crippen LogP contribution in [-0.4, -0.2) is 27.2 Å². The number of carbonyl (C=O) groups excluding carboxylic acids is 1. The first kappa shape index (κ1) is 22.8. The van der Waals surface area contributed by atoms with Crippen molar-refractivity contribution in [3.63, 3.8) is 0 Å². The molecule has 2 aromatic carbocycles. The molecule has 166 valence electrons. The highest BCUT2D eigenvalue weighted by Gasteiger charge is 2.52. The van der Waals surface area contributed by atoms with Gasteiger partial charge in [-0.15, -0.1) is 0 Å². The van der Waals surface area contributed by atoms with E-state index in [0.717, 1.165) is 0 Å². The van der Waals surface area contributed by atoms with Gasteiger partial charge in [-0.25, -0.2) is 19.0 Å². The van der Waals surface area contributed by atoms with Crippen LogP contribution in [0.4, 0.5) is 13.2 Å². The van der Waals surface area contributed by atoms with Crippen LogP contribution in [0.25, 0.3) is 5.57 Å². The second kappa shape index (κ2) is 8.33. The first-order valence-corrected chi connectivity index (χ1v) is 10.7. The highest BCUT2D eigenvalue weighted by atomic mass is 32.2. The third-order valence-corrected chi connectivity index (χ3v) is 5.74. The molecule has 0 aliphatic carbocycles. The Morgan fingerprint density at radius 1 is 1.10 bits per heavy atom. The number of benzene rings is 2. The lowest BCUT2D eigenvalue weighted by atomic mass is 9.77. The fourth-order valence-corrected chi connectivity index (χ4v) is 4.04. The monoisotopic (exact) mass is 455 g/mol. The molecule has 2 aromatic rings. The molecule has 1 aliphatic heterocycles. The largest absolute Gasteiger partial charge is 0.466 e. The summed E-state index contributed by atoms with van der Waals surface area (Å²) in [5.41, 5.74) is 2.29. The average molecular weight is 455 g/mol. The molecule has 1 aliphatic rings. The van der Waals surface area contributed by atoms with Crippen molar-refractivity contribution in [3.8, 4) is 0 Å². The quantitative estimate of drug-likeness (QED) is 0.578. The van der Waals surface area contributed by atoms with E-state index in [9.17, 15) is 26.4 Å². The summed E-state index contributed by atoms with van der Waals surface area (Å²) in [5.74, 6) is -0.732. The second-order valence-electron chi connectivity index (χ2n) is 6.82. The Morgan fingerprint density at radius 2 is 1.71 bits per heavy atom. The van der Waals surface area contributed by atoms with Crippen LogP contribution in [0.5, 0.6) is 0 Å². The lowest BCUT2D eigenvalue weighted by Crippen LogP contribution is -2.46. The summed E-state index contributed by atoms with van der Waals surface area (Å²) < 4.78 is 69.9. The Balaban J connectivity index is 2.27. The van der Waals surface area contributed by atoms with Crippen LogP contribution in [0, 0.1) is 0 Å². The van der Waals surface area contributed by atoms with Crippen LogP contribution in [0.1, 0.15) is 24.5 Å². The Kier molecular flexibility index (Phi) is 6.12. The van der Waals surface area contributed by atoms with Gasteiger partial charge in [0, 0.05) is 5.57 Å². The summed E-state index contributed by atoms with van der Waals surface area (Å²) in [6.45, 7) is 1.63. The number of ether oxygens (including phenoxy) is 1. The second-order valence-corrected chi connectivity index (χ2v) is 8.38. The first-order chi connectivity index (χ1) is 14.5. The van der Waals surface area contributed by atoms with Gasteiger partial charge < -0.3 is 10.2 Å². The number of hydrogen-bond acceptors (Lipinski definition) is 6. The van der Waals surface area contributed by atoms with E-state index in [2.05, 4.69) is 10.9 Å². The minimum absolute atomic E-state index is 0.0449. The van der Waals surface area contributed by atoms with Gasteiger partial charge in [0.25, 0.3) is 0 Å². The minimum atomic E-state index is -4.75. The summed E-state index contributed by atoms with van der Waals surface area (Å²) in [7, 11) is -4.01. The lowest BCUT2D eigenvalue weighted by Gasteiger charge is -2.32. The predicted molar refractivity (Wildman–Crippen MR) is 106 cm³/mol. The van der Waals surface area contributed by atoms with Crippen molar-refractivity contribution >= 4 is 21.6 Å². The third kappa shape index (κ3) is 4.58. The highest BCUT2D eigenvalue weighted by molar-refractivity contribution is 7.89. The molecular weight excluding hydrogens is 435 g/mol. The van der Waals surface area contributed by atoms with Crippen molar-refractivity contribution in [1.82, 2.24) is 10.9 Å². The topological polar surface area (TPSA) is 111 Å². The number of halogens is 3. The molecule has 0 saturated carbocycles. The Labute approximate surface area is 177 Å². The Hall–Kier alpha value is -2.89. The molecule has 3 rings (SSSR count). The van der Waals surface area contributed by atoms with Gasteiger partial charge in [0.2, 0.25) is 10.0 Å². The number of allylic oxidation sites excluding steroid dienone is 1. The standard InChI is InChI=1S/C20H20F3N3O4S/c1-2-30-16(27)12-19(14-8-10-15(11-9-14)31(24,28)29)17(13-6-4-3-5-7-13)18(25-26-19)20(21,22)23/h3-11,25-26H,2,12H2,1H3,(H2,24,28,29). The van der Waals surface area contributed by atoms with Crippen molar-refractivity contribution in [1.29, 1.82) is 0 Å². The minimum Gasteiger partial charge on any atom is -0.466 e. The van der Waals surface area contributed by atoms with Gasteiger partial charge in [-0.1, -0.05) is 42.5 Å². The summed E-state index contributed by atoms with van der Waals surface area (Å²) in [5, 5.41) is 5.12. The number of rotatable bonds is 6. The number of hydrogen-bond donors (Lipinski definition) is 3. The van der Waals surface area contributed by atoms with Gasteiger partial charge in [0.05, 0.1) is 23.5 Å². The van der Waals surface area contributed by atoms with E-state index in [1.807, 2.05) is 0 Å². The van der Waals surface area contributed by atoms with Crippen molar-refractivity contribution in [2.45, 2.75) is 30.0 Å². The lowest BCUT2D eigenvalue weighted by molar-refractivity contribution is -0.144. The number of nitrogens with one attached hydrogen (secondary N) is 2. The maximum absolute atomic E-state index is 13.9. The molecule has 4 N–H and O–H groups in total. The summed E-state index contributed by atoms with van der Waals surface area (Å²) in [6.07, 6.45) is -5.23. The molecule has 31 heavy (non-hydrogen) atoms. The molecule has 1 unspecified atom stereocenters.